The molecule has 0 bridgehead atoms. The first kappa shape index (κ1) is 20.6. The highest BCUT2D eigenvalue weighted by Gasteiger charge is 2.21. The molecule has 0 radical (unpaired) electrons. The Hall–Kier alpha value is -2.18. The number of rotatable bonds is 9. The van der Waals surface area contributed by atoms with Crippen molar-refractivity contribution in [1.82, 2.24) is 15.3 Å². The van der Waals surface area contributed by atoms with Gasteiger partial charge in [0.05, 0.1) is 22.1 Å². The molecule has 0 unspecified atom stereocenters. The molecule has 1 aromatic heterocycles. The molecule has 152 valence electrons. The third-order valence-corrected chi connectivity index (χ3v) is 5.97. The molecule has 0 atom stereocenters. The van der Waals surface area contributed by atoms with Crippen molar-refractivity contribution in [3.63, 3.8) is 0 Å². The number of thiophene rings is 1. The van der Waals surface area contributed by atoms with Crippen LogP contribution >= 0.6 is 11.3 Å². The predicted molar refractivity (Wildman–Crippen MR) is 117 cm³/mol. The summed E-state index contributed by atoms with van der Waals surface area (Å²) in [5.41, 5.74) is 5.48. The Morgan fingerprint density at radius 1 is 1.14 bits per heavy atom. The van der Waals surface area contributed by atoms with E-state index >= 15 is 0 Å². The summed E-state index contributed by atoms with van der Waals surface area (Å²) in [6, 6.07) is 10.3. The maximum Gasteiger partial charge on any atom is 0.215 e. The minimum Gasteiger partial charge on any atom is -0.494 e. The SMILES string of the molecule is CCN(CC)CCCOc1ccc(C2=c3sccc3=C(O)N(C(C)C)N2)cc1. The number of nitrogens with one attached hydrogen (secondary N) is 1. The fourth-order valence-electron chi connectivity index (χ4n) is 3.34. The van der Waals surface area contributed by atoms with Crippen molar-refractivity contribution in [3.05, 3.63) is 51.0 Å². The Kier molecular flexibility index (Phi) is 6.86. The zero-order chi connectivity index (χ0) is 20.1. The summed E-state index contributed by atoms with van der Waals surface area (Å²) in [5.74, 6) is 1.17. The van der Waals surface area contributed by atoms with E-state index in [1.54, 1.807) is 11.3 Å². The van der Waals surface area contributed by atoms with Crippen molar-refractivity contribution in [2.45, 2.75) is 40.2 Å². The standard InChI is InChI=1S/C22H31N3O2S/c1-5-24(6-2)13-7-14-27-18-10-8-17(9-11-18)20-21-19(12-15-28-21)22(26)25(23-20)16(3)4/h8-12,15-16,23,26H,5-7,13-14H2,1-4H3. The number of nitrogens with zero attached hydrogens (tertiary/aromatic N) is 2. The summed E-state index contributed by atoms with van der Waals surface area (Å²) in [6.07, 6.45) is 1.03. The lowest BCUT2D eigenvalue weighted by Gasteiger charge is -2.32. The van der Waals surface area contributed by atoms with Gasteiger partial charge >= 0.3 is 0 Å². The summed E-state index contributed by atoms with van der Waals surface area (Å²) < 4.78 is 6.97. The van der Waals surface area contributed by atoms with Crippen LogP contribution in [0, 0.1) is 0 Å². The molecule has 0 fully saturated rings. The van der Waals surface area contributed by atoms with Gasteiger partial charge in [0.15, 0.2) is 0 Å². The number of hydrogen-bond donors (Lipinski definition) is 2. The molecule has 2 aromatic rings. The number of benzene rings is 1. The summed E-state index contributed by atoms with van der Waals surface area (Å²) in [5, 5.41) is 15.2. The fourth-order valence-corrected chi connectivity index (χ4v) is 4.25. The van der Waals surface area contributed by atoms with Crippen LogP contribution in [0.2, 0.25) is 0 Å². The van der Waals surface area contributed by atoms with Gasteiger partial charge in [-0.2, -0.15) is 0 Å². The molecule has 28 heavy (non-hydrogen) atoms. The molecule has 2 heterocycles. The van der Waals surface area contributed by atoms with Gasteiger partial charge in [-0.1, -0.05) is 13.8 Å². The van der Waals surface area contributed by atoms with Crippen molar-refractivity contribution in [1.29, 1.82) is 0 Å². The van der Waals surface area contributed by atoms with Crippen LogP contribution in [-0.2, 0) is 0 Å². The van der Waals surface area contributed by atoms with Crippen molar-refractivity contribution >= 4 is 22.9 Å². The highest BCUT2D eigenvalue weighted by Crippen LogP contribution is 2.19. The Morgan fingerprint density at radius 3 is 2.50 bits per heavy atom. The van der Waals surface area contributed by atoms with Crippen LogP contribution in [-0.4, -0.2) is 47.3 Å². The smallest absolute Gasteiger partial charge is 0.215 e. The lowest BCUT2D eigenvalue weighted by atomic mass is 10.1. The van der Waals surface area contributed by atoms with Gasteiger partial charge in [-0.3, -0.25) is 10.4 Å². The van der Waals surface area contributed by atoms with E-state index < -0.39 is 0 Å². The Balaban J connectivity index is 1.72. The molecular weight excluding hydrogens is 370 g/mol. The van der Waals surface area contributed by atoms with Crippen molar-refractivity contribution in [2.24, 2.45) is 0 Å². The largest absolute Gasteiger partial charge is 0.494 e. The zero-order valence-electron chi connectivity index (χ0n) is 17.2. The molecule has 0 amide bonds. The van der Waals surface area contributed by atoms with Gasteiger partial charge in [0.1, 0.15) is 5.75 Å². The first-order valence-corrected chi connectivity index (χ1v) is 11.0. The zero-order valence-corrected chi connectivity index (χ0v) is 18.1. The van der Waals surface area contributed by atoms with Crippen molar-refractivity contribution in [3.8, 4) is 5.75 Å². The average molecular weight is 402 g/mol. The summed E-state index contributed by atoms with van der Waals surface area (Å²) in [6.45, 7) is 12.4. The molecule has 0 spiro atoms. The van der Waals surface area contributed by atoms with Gasteiger partial charge in [0.25, 0.3) is 0 Å². The highest BCUT2D eigenvalue weighted by atomic mass is 32.1. The van der Waals surface area contributed by atoms with Gasteiger partial charge in [0.2, 0.25) is 5.88 Å². The van der Waals surface area contributed by atoms with Crippen LogP contribution in [0.5, 0.6) is 5.75 Å². The summed E-state index contributed by atoms with van der Waals surface area (Å²) in [4.78, 5) is 2.41. The van der Waals surface area contributed by atoms with Crippen LogP contribution in [0.4, 0.5) is 0 Å². The second-order valence-electron chi connectivity index (χ2n) is 7.19. The van der Waals surface area contributed by atoms with Gasteiger partial charge in [-0.25, -0.2) is 0 Å². The Bertz CT molecular complexity index is 885. The van der Waals surface area contributed by atoms with E-state index in [2.05, 4.69) is 36.3 Å². The first-order valence-electron chi connectivity index (χ1n) is 10.1. The minimum atomic E-state index is 0.136. The first-order chi connectivity index (χ1) is 13.5. The Morgan fingerprint density at radius 2 is 1.86 bits per heavy atom. The van der Waals surface area contributed by atoms with Crippen LogP contribution in [0.25, 0.3) is 11.6 Å². The number of aliphatic hydroxyl groups excluding tert-OH is 1. The summed E-state index contributed by atoms with van der Waals surface area (Å²) in [7, 11) is 0. The normalized spacial score (nSPS) is 13.9. The number of ether oxygens (including phenoxy) is 1. The van der Waals surface area contributed by atoms with Crippen molar-refractivity contribution in [2.75, 3.05) is 26.2 Å². The molecule has 1 aliphatic heterocycles. The highest BCUT2D eigenvalue weighted by molar-refractivity contribution is 7.07. The maximum absolute atomic E-state index is 10.5. The van der Waals surface area contributed by atoms with Gasteiger partial charge in [-0.05, 0) is 69.1 Å². The van der Waals surface area contributed by atoms with Crippen LogP contribution < -0.4 is 19.9 Å². The van der Waals surface area contributed by atoms with E-state index in [1.165, 1.54) is 0 Å². The molecule has 5 nitrogen and oxygen atoms in total. The lowest BCUT2D eigenvalue weighted by Crippen LogP contribution is -2.50. The van der Waals surface area contributed by atoms with Crippen molar-refractivity contribution < 1.29 is 9.84 Å². The second-order valence-corrected chi connectivity index (χ2v) is 8.11. The third-order valence-electron chi connectivity index (χ3n) is 5.03. The van der Waals surface area contributed by atoms with Gasteiger partial charge in [-0.15, -0.1) is 11.3 Å². The fraction of sp³-hybridized carbons (Fsp3) is 0.455. The lowest BCUT2D eigenvalue weighted by molar-refractivity contribution is 0.202. The molecule has 6 heteroatoms. The van der Waals surface area contributed by atoms with Crippen LogP contribution in [0.15, 0.2) is 35.7 Å². The van der Waals surface area contributed by atoms with Gasteiger partial charge in [0, 0.05) is 18.2 Å². The molecule has 0 saturated carbocycles. The number of hydrogen-bond acceptors (Lipinski definition) is 6. The second kappa shape index (κ2) is 9.34. The minimum absolute atomic E-state index is 0.136. The topological polar surface area (TPSA) is 48.0 Å². The third kappa shape index (κ3) is 4.45. The molecule has 0 saturated heterocycles. The van der Waals surface area contributed by atoms with E-state index in [0.29, 0.717) is 0 Å². The molecular formula is C22H31N3O2S. The maximum atomic E-state index is 10.5. The Labute approximate surface area is 171 Å². The molecule has 0 aliphatic carbocycles. The predicted octanol–water partition coefficient (Wildman–Crippen LogP) is 2.87. The molecule has 1 aromatic carbocycles. The van der Waals surface area contributed by atoms with Crippen LogP contribution in [0.1, 0.15) is 39.7 Å². The monoisotopic (exact) mass is 401 g/mol. The number of hydrazine groups is 1. The molecule has 3 rings (SSSR count). The quantitative estimate of drug-likeness (QED) is 0.633. The summed E-state index contributed by atoms with van der Waals surface area (Å²) >= 11 is 1.63. The van der Waals surface area contributed by atoms with E-state index in [1.807, 2.05) is 42.4 Å². The van der Waals surface area contributed by atoms with E-state index in [0.717, 1.165) is 59.4 Å². The molecule has 2 N–H and O–H groups in total. The number of fused-ring (bicyclic) bond motifs is 1. The average Bonchev–Trinajstić information content (AvgIpc) is 3.19. The van der Waals surface area contributed by atoms with Crippen LogP contribution in [0.3, 0.4) is 0 Å². The van der Waals surface area contributed by atoms with E-state index in [4.69, 9.17) is 4.74 Å². The molecule has 1 aliphatic rings. The van der Waals surface area contributed by atoms with Gasteiger partial charge < -0.3 is 14.7 Å². The number of aliphatic hydroxyl groups is 1. The van der Waals surface area contributed by atoms with E-state index in [-0.39, 0.29) is 11.9 Å². The van der Waals surface area contributed by atoms with E-state index in [9.17, 15) is 5.11 Å².